The van der Waals surface area contributed by atoms with Crippen LogP contribution >= 0.6 is 11.8 Å². The van der Waals surface area contributed by atoms with Crippen LogP contribution in [0.4, 0.5) is 0 Å². The van der Waals surface area contributed by atoms with Gasteiger partial charge in [0.05, 0.1) is 11.3 Å². The number of pyridine rings is 1. The molecule has 19 heavy (non-hydrogen) atoms. The van der Waals surface area contributed by atoms with E-state index in [1.165, 1.54) is 11.8 Å². The Labute approximate surface area is 115 Å². The summed E-state index contributed by atoms with van der Waals surface area (Å²) in [6.45, 7) is 5.44. The van der Waals surface area contributed by atoms with Crippen molar-refractivity contribution < 1.29 is 9.90 Å². The highest BCUT2D eigenvalue weighted by Gasteiger charge is 2.18. The van der Waals surface area contributed by atoms with Crippen molar-refractivity contribution in [1.29, 1.82) is 0 Å². The molecular weight excluding hydrogens is 262 g/mol. The molecule has 0 aliphatic heterocycles. The van der Waals surface area contributed by atoms with Gasteiger partial charge >= 0.3 is 5.97 Å². The summed E-state index contributed by atoms with van der Waals surface area (Å²) >= 11 is 1.23. The van der Waals surface area contributed by atoms with Crippen LogP contribution in [0, 0.1) is 20.8 Å². The fraction of sp³-hybridized carbons (Fsp3) is 0.231. The Hall–Kier alpha value is -1.95. The van der Waals surface area contributed by atoms with Crippen LogP contribution in [0.15, 0.2) is 28.5 Å². The minimum atomic E-state index is -0.978. The van der Waals surface area contributed by atoms with Crippen molar-refractivity contribution in [2.24, 2.45) is 0 Å². The molecule has 1 N–H and O–H groups in total. The fourth-order valence-electron chi connectivity index (χ4n) is 1.72. The van der Waals surface area contributed by atoms with Gasteiger partial charge in [-0.1, -0.05) is 0 Å². The van der Waals surface area contributed by atoms with Crippen molar-refractivity contribution >= 4 is 17.7 Å². The highest BCUT2D eigenvalue weighted by Crippen LogP contribution is 2.30. The van der Waals surface area contributed by atoms with E-state index >= 15 is 0 Å². The average Bonchev–Trinajstić information content (AvgIpc) is 2.30. The van der Waals surface area contributed by atoms with Gasteiger partial charge in [0, 0.05) is 18.1 Å². The lowest BCUT2D eigenvalue weighted by atomic mass is 10.1. The van der Waals surface area contributed by atoms with Gasteiger partial charge in [-0.05, 0) is 44.2 Å². The van der Waals surface area contributed by atoms with Crippen molar-refractivity contribution in [3.05, 3.63) is 41.0 Å². The van der Waals surface area contributed by atoms with E-state index in [4.69, 9.17) is 0 Å². The molecule has 0 saturated carbocycles. The van der Waals surface area contributed by atoms with Gasteiger partial charge in [-0.2, -0.15) is 0 Å². The molecule has 0 aromatic carbocycles. The molecule has 2 aromatic rings. The maximum atomic E-state index is 11.3. The first-order valence-corrected chi connectivity index (χ1v) is 6.47. The standard InChI is InChI=1S/C13H13N3O2S/c1-7-6-8(2)16-12(10(7)13(17)18)19-11-9(3)14-4-5-15-11/h4-6H,1-3H3,(H,17,18). The molecular formula is C13H13N3O2S. The largest absolute Gasteiger partial charge is 0.478 e. The number of aromatic nitrogens is 3. The third-order valence-corrected chi connectivity index (χ3v) is 3.64. The molecule has 2 heterocycles. The van der Waals surface area contributed by atoms with Gasteiger partial charge in [0.25, 0.3) is 0 Å². The van der Waals surface area contributed by atoms with E-state index in [9.17, 15) is 9.90 Å². The second-order valence-electron chi connectivity index (χ2n) is 4.11. The average molecular weight is 275 g/mol. The Morgan fingerprint density at radius 3 is 2.47 bits per heavy atom. The molecule has 2 rings (SSSR count). The Balaban J connectivity index is 2.51. The summed E-state index contributed by atoms with van der Waals surface area (Å²) in [5.41, 5.74) is 2.46. The van der Waals surface area contributed by atoms with Gasteiger partial charge in [0.1, 0.15) is 10.1 Å². The van der Waals surface area contributed by atoms with Crippen LogP contribution in [0.25, 0.3) is 0 Å². The Morgan fingerprint density at radius 1 is 1.16 bits per heavy atom. The first-order chi connectivity index (χ1) is 8.99. The number of hydrogen-bond donors (Lipinski definition) is 1. The predicted molar refractivity (Wildman–Crippen MR) is 71.6 cm³/mol. The maximum absolute atomic E-state index is 11.3. The highest BCUT2D eigenvalue weighted by atomic mass is 32.2. The molecule has 0 spiro atoms. The summed E-state index contributed by atoms with van der Waals surface area (Å²) in [6.07, 6.45) is 3.19. The molecule has 0 amide bonds. The van der Waals surface area contributed by atoms with Gasteiger partial charge in [-0.3, -0.25) is 4.98 Å². The number of aryl methyl sites for hydroxylation is 3. The Morgan fingerprint density at radius 2 is 1.84 bits per heavy atom. The normalized spacial score (nSPS) is 10.5. The Kier molecular flexibility index (Phi) is 3.80. The highest BCUT2D eigenvalue weighted by molar-refractivity contribution is 7.99. The van der Waals surface area contributed by atoms with Crippen molar-refractivity contribution in [1.82, 2.24) is 15.0 Å². The minimum absolute atomic E-state index is 0.223. The van der Waals surface area contributed by atoms with Crippen molar-refractivity contribution in [3.8, 4) is 0 Å². The zero-order valence-corrected chi connectivity index (χ0v) is 11.7. The lowest BCUT2D eigenvalue weighted by molar-refractivity contribution is 0.0691. The van der Waals surface area contributed by atoms with Crippen LogP contribution < -0.4 is 0 Å². The summed E-state index contributed by atoms with van der Waals surface area (Å²) in [6, 6.07) is 1.76. The molecule has 5 nitrogen and oxygen atoms in total. The van der Waals surface area contributed by atoms with Crippen LogP contribution in [0.2, 0.25) is 0 Å². The van der Waals surface area contributed by atoms with Gasteiger partial charge < -0.3 is 5.11 Å². The zero-order chi connectivity index (χ0) is 14.0. The summed E-state index contributed by atoms with van der Waals surface area (Å²) in [5, 5.41) is 10.4. The van der Waals surface area contributed by atoms with Crippen LogP contribution in [0.1, 0.15) is 27.3 Å². The summed E-state index contributed by atoms with van der Waals surface area (Å²) in [7, 11) is 0. The van der Waals surface area contributed by atoms with Gasteiger partial charge in [-0.15, -0.1) is 0 Å². The zero-order valence-electron chi connectivity index (χ0n) is 10.8. The van der Waals surface area contributed by atoms with Crippen molar-refractivity contribution in [3.63, 3.8) is 0 Å². The molecule has 0 bridgehead atoms. The smallest absolute Gasteiger partial charge is 0.338 e. The monoisotopic (exact) mass is 275 g/mol. The van der Waals surface area contributed by atoms with Crippen LogP contribution in [0.3, 0.4) is 0 Å². The van der Waals surface area contributed by atoms with Crippen molar-refractivity contribution in [2.75, 3.05) is 0 Å². The first-order valence-electron chi connectivity index (χ1n) is 5.66. The Bertz CT molecular complexity index is 644. The number of nitrogens with zero attached hydrogens (tertiary/aromatic N) is 3. The molecule has 0 saturated heterocycles. The van der Waals surface area contributed by atoms with E-state index in [-0.39, 0.29) is 5.56 Å². The molecule has 0 atom stereocenters. The number of rotatable bonds is 3. The second-order valence-corrected chi connectivity index (χ2v) is 5.09. The topological polar surface area (TPSA) is 76.0 Å². The lowest BCUT2D eigenvalue weighted by Gasteiger charge is -2.09. The van der Waals surface area contributed by atoms with Crippen LogP contribution in [0.5, 0.6) is 0 Å². The number of hydrogen-bond acceptors (Lipinski definition) is 5. The quantitative estimate of drug-likeness (QED) is 0.928. The summed E-state index contributed by atoms with van der Waals surface area (Å²) in [4.78, 5) is 24.0. The maximum Gasteiger partial charge on any atom is 0.338 e. The number of carbonyl (C=O) groups is 1. The predicted octanol–water partition coefficient (Wildman–Crippen LogP) is 2.65. The van der Waals surface area contributed by atoms with Gasteiger partial charge in [0.2, 0.25) is 0 Å². The third kappa shape index (κ3) is 2.90. The number of carboxylic acid groups (broad SMARTS) is 1. The number of carboxylic acids is 1. The molecule has 6 heteroatoms. The SMILES string of the molecule is Cc1cc(C)c(C(=O)O)c(Sc2nccnc2C)n1. The molecule has 0 fully saturated rings. The lowest BCUT2D eigenvalue weighted by Crippen LogP contribution is -2.05. The van der Waals surface area contributed by atoms with Gasteiger partial charge in [0.15, 0.2) is 0 Å². The molecule has 0 aliphatic rings. The molecule has 98 valence electrons. The van der Waals surface area contributed by atoms with E-state index in [2.05, 4.69) is 15.0 Å². The second kappa shape index (κ2) is 5.36. The molecule has 0 radical (unpaired) electrons. The van der Waals surface area contributed by atoms with E-state index in [0.29, 0.717) is 15.6 Å². The van der Waals surface area contributed by atoms with E-state index in [1.807, 2.05) is 13.8 Å². The summed E-state index contributed by atoms with van der Waals surface area (Å²) < 4.78 is 0. The van der Waals surface area contributed by atoms with E-state index in [1.54, 1.807) is 25.4 Å². The van der Waals surface area contributed by atoms with Crippen molar-refractivity contribution in [2.45, 2.75) is 30.8 Å². The van der Waals surface area contributed by atoms with Crippen LogP contribution in [-0.2, 0) is 0 Å². The van der Waals surface area contributed by atoms with E-state index < -0.39 is 5.97 Å². The molecule has 0 aliphatic carbocycles. The number of aromatic carboxylic acids is 1. The molecule has 0 unspecified atom stereocenters. The van der Waals surface area contributed by atoms with Gasteiger partial charge in [-0.25, -0.2) is 14.8 Å². The minimum Gasteiger partial charge on any atom is -0.478 e. The molecule has 2 aromatic heterocycles. The first kappa shape index (κ1) is 13.5. The third-order valence-electron chi connectivity index (χ3n) is 2.55. The van der Waals surface area contributed by atoms with Crippen LogP contribution in [-0.4, -0.2) is 26.0 Å². The fourth-order valence-corrected chi connectivity index (χ4v) is 2.76. The summed E-state index contributed by atoms with van der Waals surface area (Å²) in [5.74, 6) is -0.978. The van der Waals surface area contributed by atoms with E-state index in [0.717, 1.165) is 11.4 Å².